The van der Waals surface area contributed by atoms with Crippen LogP contribution in [0.15, 0.2) is 61.1 Å². The van der Waals surface area contributed by atoms with Gasteiger partial charge >= 0.3 is 12.1 Å². The zero-order chi connectivity index (χ0) is 36.5. The van der Waals surface area contributed by atoms with Crippen LogP contribution in [0.2, 0.25) is 0 Å². The van der Waals surface area contributed by atoms with Crippen LogP contribution in [0.4, 0.5) is 4.79 Å². The third kappa shape index (κ3) is 8.61. The average Bonchev–Trinajstić information content (AvgIpc) is 3.15. The molecule has 0 N–H and O–H groups in total. The van der Waals surface area contributed by atoms with Crippen LogP contribution in [-0.4, -0.2) is 93.6 Å². The number of hydrogen-bond donors (Lipinski definition) is 0. The van der Waals surface area contributed by atoms with Gasteiger partial charge in [-0.3, -0.25) is 19.7 Å². The van der Waals surface area contributed by atoms with E-state index in [2.05, 4.69) is 20.9 Å². The Labute approximate surface area is 298 Å². The zero-order valence-corrected chi connectivity index (χ0v) is 30.1. The summed E-state index contributed by atoms with van der Waals surface area (Å²) in [6, 6.07) is 13.3. The van der Waals surface area contributed by atoms with Crippen molar-refractivity contribution >= 4 is 12.1 Å². The maximum Gasteiger partial charge on any atom is 0.418 e. The van der Waals surface area contributed by atoms with E-state index in [4.69, 9.17) is 33.2 Å². The van der Waals surface area contributed by atoms with Crippen LogP contribution in [0.1, 0.15) is 30.9 Å². The molecule has 1 aliphatic heterocycles. The molecule has 1 saturated heterocycles. The van der Waals surface area contributed by atoms with Gasteiger partial charge in [-0.1, -0.05) is 0 Å². The molecular formula is C38H44N4O9. The number of aromatic nitrogens is 2. The Hall–Kier alpha value is -5.56. The third-order valence-corrected chi connectivity index (χ3v) is 8.80. The summed E-state index contributed by atoms with van der Waals surface area (Å²) >= 11 is 0. The van der Waals surface area contributed by atoms with Gasteiger partial charge in [0.05, 0.1) is 54.9 Å². The lowest BCUT2D eigenvalue weighted by Gasteiger charge is -2.38. The molecule has 0 atom stereocenters. The highest BCUT2D eigenvalue weighted by Crippen LogP contribution is 2.42. The molecule has 270 valence electrons. The van der Waals surface area contributed by atoms with Crippen molar-refractivity contribution in [2.75, 3.05) is 55.7 Å². The van der Waals surface area contributed by atoms with Gasteiger partial charge in [0.15, 0.2) is 23.0 Å². The summed E-state index contributed by atoms with van der Waals surface area (Å²) in [4.78, 5) is 38.2. The highest BCUT2D eigenvalue weighted by atomic mass is 16.6. The second-order valence-corrected chi connectivity index (χ2v) is 12.0. The number of benzene rings is 2. The molecule has 2 aromatic heterocycles. The van der Waals surface area contributed by atoms with Crippen molar-refractivity contribution in [2.45, 2.75) is 38.9 Å². The van der Waals surface area contributed by atoms with E-state index in [1.807, 2.05) is 36.4 Å². The number of ether oxygens (including phenoxy) is 7. The lowest BCUT2D eigenvalue weighted by molar-refractivity contribution is -0.136. The Bertz CT molecular complexity index is 1790. The molecular weight excluding hydrogens is 656 g/mol. The second kappa shape index (κ2) is 16.9. The van der Waals surface area contributed by atoms with Gasteiger partial charge in [-0.15, -0.1) is 0 Å². The summed E-state index contributed by atoms with van der Waals surface area (Å²) < 4.78 is 38.2. The highest BCUT2D eigenvalue weighted by molar-refractivity contribution is 5.83. The molecule has 13 heteroatoms. The smallest absolute Gasteiger partial charge is 0.418 e. The number of amides is 1. The molecule has 1 amide bonds. The number of nitrogens with zero attached hydrogens (tertiary/aromatic N) is 4. The van der Waals surface area contributed by atoms with E-state index in [0.717, 1.165) is 46.6 Å². The lowest BCUT2D eigenvalue weighted by Crippen LogP contribution is -2.47. The van der Waals surface area contributed by atoms with E-state index < -0.39 is 12.1 Å². The number of likely N-dealkylation sites (tertiary alicyclic amines) is 1. The molecule has 0 saturated carbocycles. The summed E-state index contributed by atoms with van der Waals surface area (Å²) in [6.45, 7) is 3.61. The monoisotopic (exact) mass is 700 g/mol. The molecule has 5 rings (SSSR count). The van der Waals surface area contributed by atoms with E-state index in [1.165, 1.54) is 6.92 Å². The molecule has 1 fully saturated rings. The topological polar surface area (TPSA) is 131 Å². The highest BCUT2D eigenvalue weighted by Gasteiger charge is 2.30. The Kier molecular flexibility index (Phi) is 12.2. The minimum absolute atomic E-state index is 0.148. The molecule has 0 radical (unpaired) electrons. The van der Waals surface area contributed by atoms with Crippen molar-refractivity contribution in [3.05, 3.63) is 72.2 Å². The van der Waals surface area contributed by atoms with E-state index in [-0.39, 0.29) is 12.6 Å². The fourth-order valence-electron chi connectivity index (χ4n) is 6.31. The van der Waals surface area contributed by atoms with Crippen LogP contribution in [0.5, 0.6) is 34.5 Å². The van der Waals surface area contributed by atoms with Gasteiger partial charge < -0.3 is 38.1 Å². The van der Waals surface area contributed by atoms with E-state index in [9.17, 15) is 9.59 Å². The number of carbonyl (C=O) groups is 2. The minimum atomic E-state index is -0.678. The molecule has 0 bridgehead atoms. The maximum atomic E-state index is 13.3. The van der Waals surface area contributed by atoms with Crippen LogP contribution in [0, 0.1) is 0 Å². The minimum Gasteiger partial charge on any atom is -0.493 e. The standard InChI is InChI=1S/C38H44N4O9/c1-24(43)51-38(44)42(23-26-14-29(21-39-20-26)27-16-32(45-2)36(49-6)33(17-27)46-3)30-9-12-41(13-10-30)22-25-8-11-40-31(15-25)28-18-34(47-4)37(50-7)35(19-28)48-5/h8,11,14-21,30H,9-10,12-13,22-23H2,1-7H3. The van der Waals surface area contributed by atoms with Crippen molar-refractivity contribution in [1.82, 2.24) is 19.8 Å². The first-order chi connectivity index (χ1) is 24.7. The van der Waals surface area contributed by atoms with Gasteiger partial charge in [0.1, 0.15) is 0 Å². The normalized spacial score (nSPS) is 13.2. The van der Waals surface area contributed by atoms with Gasteiger partial charge in [-0.2, -0.15) is 0 Å². The summed E-state index contributed by atoms with van der Waals surface area (Å²) in [5.74, 6) is 2.48. The first kappa shape index (κ1) is 36.7. The van der Waals surface area contributed by atoms with Crippen molar-refractivity contribution in [1.29, 1.82) is 0 Å². The summed E-state index contributed by atoms with van der Waals surface area (Å²) in [5.41, 5.74) is 5.09. The second-order valence-electron chi connectivity index (χ2n) is 12.0. The van der Waals surface area contributed by atoms with E-state index >= 15 is 0 Å². The number of rotatable bonds is 13. The van der Waals surface area contributed by atoms with Crippen LogP contribution < -0.4 is 28.4 Å². The molecule has 51 heavy (non-hydrogen) atoms. The van der Waals surface area contributed by atoms with Crippen molar-refractivity contribution in [3.8, 4) is 56.9 Å². The van der Waals surface area contributed by atoms with Crippen molar-refractivity contribution < 1.29 is 42.7 Å². The SMILES string of the molecule is COc1cc(-c2cncc(CN(C(=O)OC(C)=O)C3CCN(Cc4ccnc(-c5cc(OC)c(OC)c(OC)c5)c4)CC3)c2)cc(OC)c1OC. The van der Waals surface area contributed by atoms with Crippen molar-refractivity contribution in [3.63, 3.8) is 0 Å². The first-order valence-electron chi connectivity index (χ1n) is 16.4. The molecule has 4 aromatic rings. The Morgan fingerprint density at radius 2 is 1.29 bits per heavy atom. The van der Waals surface area contributed by atoms with Gasteiger partial charge in [-0.05, 0) is 72.0 Å². The molecule has 3 heterocycles. The average molecular weight is 701 g/mol. The van der Waals surface area contributed by atoms with E-state index in [1.54, 1.807) is 66.1 Å². The number of hydrogen-bond acceptors (Lipinski definition) is 12. The molecule has 13 nitrogen and oxygen atoms in total. The lowest BCUT2D eigenvalue weighted by atomic mass is 10.0. The number of carbonyl (C=O) groups excluding carboxylic acids is 2. The maximum absolute atomic E-state index is 13.3. The predicted molar refractivity (Wildman–Crippen MR) is 190 cm³/mol. The van der Waals surface area contributed by atoms with Gasteiger partial charge in [0, 0.05) is 62.3 Å². The Balaban J connectivity index is 1.30. The summed E-state index contributed by atoms with van der Waals surface area (Å²) in [6.07, 6.45) is 5.94. The van der Waals surface area contributed by atoms with Crippen LogP contribution in [0.25, 0.3) is 22.4 Å². The van der Waals surface area contributed by atoms with Crippen LogP contribution in [-0.2, 0) is 22.6 Å². The first-order valence-corrected chi connectivity index (χ1v) is 16.4. The van der Waals surface area contributed by atoms with Crippen LogP contribution >= 0.6 is 0 Å². The molecule has 1 aliphatic rings. The molecule has 0 unspecified atom stereocenters. The third-order valence-electron chi connectivity index (χ3n) is 8.80. The number of pyridine rings is 2. The van der Waals surface area contributed by atoms with E-state index in [0.29, 0.717) is 53.9 Å². The number of piperidine rings is 1. The number of methoxy groups -OCH3 is 6. The molecule has 2 aromatic carbocycles. The van der Waals surface area contributed by atoms with Crippen LogP contribution in [0.3, 0.4) is 0 Å². The quantitative estimate of drug-likeness (QED) is 0.120. The van der Waals surface area contributed by atoms with Gasteiger partial charge in [0.2, 0.25) is 11.5 Å². The number of esters is 1. The predicted octanol–water partition coefficient (Wildman–Crippen LogP) is 6.01. The largest absolute Gasteiger partial charge is 0.493 e. The fraction of sp³-hybridized carbons (Fsp3) is 0.368. The summed E-state index contributed by atoms with van der Waals surface area (Å²) in [7, 11) is 9.41. The molecule has 0 aliphatic carbocycles. The fourth-order valence-corrected chi connectivity index (χ4v) is 6.31. The van der Waals surface area contributed by atoms with Gasteiger partial charge in [0.25, 0.3) is 0 Å². The zero-order valence-electron chi connectivity index (χ0n) is 30.1. The Morgan fingerprint density at radius 1 is 0.725 bits per heavy atom. The Morgan fingerprint density at radius 3 is 1.82 bits per heavy atom. The molecule has 0 spiro atoms. The van der Waals surface area contributed by atoms with Crippen molar-refractivity contribution in [2.24, 2.45) is 0 Å². The summed E-state index contributed by atoms with van der Waals surface area (Å²) in [5, 5.41) is 0. The van der Waals surface area contributed by atoms with Gasteiger partial charge in [-0.25, -0.2) is 4.79 Å².